The number of rotatable bonds is 6. The molecule has 1 atom stereocenters. The van der Waals surface area contributed by atoms with Crippen LogP contribution in [0.4, 0.5) is 0 Å². The van der Waals surface area contributed by atoms with Crippen LogP contribution < -0.4 is 10.1 Å². The van der Waals surface area contributed by atoms with Gasteiger partial charge in [0.05, 0.1) is 13.0 Å². The molecule has 3 nitrogen and oxygen atoms in total. The molecular weight excluding hydrogens is 238 g/mol. The van der Waals surface area contributed by atoms with E-state index in [0.717, 1.165) is 5.75 Å². The molecule has 0 aromatic heterocycles. The third kappa shape index (κ3) is 5.77. The summed E-state index contributed by atoms with van der Waals surface area (Å²) in [6.07, 6.45) is 0.393. The van der Waals surface area contributed by atoms with E-state index in [1.54, 1.807) is 0 Å². The van der Waals surface area contributed by atoms with Gasteiger partial charge in [0.25, 0.3) is 0 Å². The van der Waals surface area contributed by atoms with Gasteiger partial charge >= 0.3 is 0 Å². The number of amides is 1. The third-order valence-corrected chi connectivity index (χ3v) is 3.18. The predicted octanol–water partition coefficient (Wildman–Crippen LogP) is 3.23. The molecule has 1 aromatic carbocycles. The molecule has 1 rings (SSSR count). The molecule has 0 heterocycles. The van der Waals surface area contributed by atoms with Crippen molar-refractivity contribution in [1.82, 2.24) is 5.32 Å². The van der Waals surface area contributed by atoms with Crippen LogP contribution in [0.5, 0.6) is 5.75 Å². The fourth-order valence-corrected chi connectivity index (χ4v) is 1.77. The van der Waals surface area contributed by atoms with Crippen molar-refractivity contribution in [3.8, 4) is 5.75 Å². The Balaban J connectivity index is 2.35. The van der Waals surface area contributed by atoms with Crippen molar-refractivity contribution in [2.75, 3.05) is 6.61 Å². The number of aryl methyl sites for hydroxylation is 2. The van der Waals surface area contributed by atoms with Crippen molar-refractivity contribution in [2.24, 2.45) is 5.92 Å². The Morgan fingerprint density at radius 2 is 1.74 bits per heavy atom. The Bertz CT molecular complexity index is 407. The predicted molar refractivity (Wildman–Crippen MR) is 78.5 cm³/mol. The molecule has 1 unspecified atom stereocenters. The van der Waals surface area contributed by atoms with Crippen molar-refractivity contribution in [3.05, 3.63) is 29.3 Å². The van der Waals surface area contributed by atoms with E-state index in [1.807, 2.05) is 32.9 Å². The summed E-state index contributed by atoms with van der Waals surface area (Å²) in [5.41, 5.74) is 2.35. The quantitative estimate of drug-likeness (QED) is 0.855. The lowest BCUT2D eigenvalue weighted by Crippen LogP contribution is -2.36. The van der Waals surface area contributed by atoms with Crippen molar-refractivity contribution in [2.45, 2.75) is 47.1 Å². The van der Waals surface area contributed by atoms with Gasteiger partial charge in [0.1, 0.15) is 5.75 Å². The monoisotopic (exact) mass is 263 g/mol. The van der Waals surface area contributed by atoms with Crippen molar-refractivity contribution in [3.63, 3.8) is 0 Å². The SMILES string of the molecule is Cc1cc(C)cc(OCCC(=O)NC(C)C(C)C)c1. The van der Waals surface area contributed by atoms with Gasteiger partial charge in [0.15, 0.2) is 0 Å². The summed E-state index contributed by atoms with van der Waals surface area (Å²) >= 11 is 0. The van der Waals surface area contributed by atoms with Crippen molar-refractivity contribution < 1.29 is 9.53 Å². The molecule has 0 saturated carbocycles. The average Bonchev–Trinajstić information content (AvgIpc) is 2.27. The molecule has 0 aliphatic carbocycles. The van der Waals surface area contributed by atoms with Crippen LogP contribution in [-0.4, -0.2) is 18.6 Å². The molecule has 106 valence electrons. The van der Waals surface area contributed by atoms with Crippen LogP contribution in [0.2, 0.25) is 0 Å². The summed E-state index contributed by atoms with van der Waals surface area (Å²) in [5.74, 6) is 1.33. The standard InChI is InChI=1S/C16H25NO2/c1-11(2)14(5)17-16(18)6-7-19-15-9-12(3)8-13(4)10-15/h8-11,14H,6-7H2,1-5H3,(H,17,18). The van der Waals surface area contributed by atoms with Crippen LogP contribution in [0.25, 0.3) is 0 Å². The minimum Gasteiger partial charge on any atom is -0.493 e. The lowest BCUT2D eigenvalue weighted by atomic mass is 10.1. The number of benzene rings is 1. The molecule has 1 amide bonds. The first-order valence-electron chi connectivity index (χ1n) is 6.89. The molecule has 1 N–H and O–H groups in total. The number of carbonyl (C=O) groups is 1. The number of ether oxygens (including phenoxy) is 1. The zero-order valence-electron chi connectivity index (χ0n) is 12.6. The molecule has 19 heavy (non-hydrogen) atoms. The maximum atomic E-state index is 11.7. The highest BCUT2D eigenvalue weighted by Crippen LogP contribution is 2.16. The van der Waals surface area contributed by atoms with Crippen molar-refractivity contribution >= 4 is 5.91 Å². The van der Waals surface area contributed by atoms with Gasteiger partial charge in [-0.2, -0.15) is 0 Å². The van der Waals surface area contributed by atoms with Gasteiger partial charge in [0, 0.05) is 6.04 Å². The molecule has 0 radical (unpaired) electrons. The minimum atomic E-state index is 0.0468. The van der Waals surface area contributed by atoms with Crippen LogP contribution in [0, 0.1) is 19.8 Å². The van der Waals surface area contributed by atoms with Gasteiger partial charge in [-0.25, -0.2) is 0 Å². The fourth-order valence-electron chi connectivity index (χ4n) is 1.77. The second kappa shape index (κ2) is 7.17. The normalized spacial score (nSPS) is 12.3. The van der Waals surface area contributed by atoms with Gasteiger partial charge in [-0.1, -0.05) is 19.9 Å². The number of carbonyl (C=O) groups excluding carboxylic acids is 1. The highest BCUT2D eigenvalue weighted by molar-refractivity contribution is 5.76. The second-order valence-corrected chi connectivity index (χ2v) is 5.52. The van der Waals surface area contributed by atoms with E-state index in [2.05, 4.69) is 25.2 Å². The van der Waals surface area contributed by atoms with Gasteiger partial charge in [-0.05, 0) is 49.9 Å². The van der Waals surface area contributed by atoms with E-state index in [9.17, 15) is 4.79 Å². The number of hydrogen-bond donors (Lipinski definition) is 1. The smallest absolute Gasteiger partial charge is 0.223 e. The molecule has 0 saturated heterocycles. The largest absolute Gasteiger partial charge is 0.493 e. The zero-order chi connectivity index (χ0) is 14.4. The Labute approximate surface area is 116 Å². The van der Waals surface area contributed by atoms with E-state index in [0.29, 0.717) is 18.9 Å². The molecule has 1 aromatic rings. The van der Waals surface area contributed by atoms with E-state index in [-0.39, 0.29) is 11.9 Å². The average molecular weight is 263 g/mol. The van der Waals surface area contributed by atoms with E-state index >= 15 is 0 Å². The maximum Gasteiger partial charge on any atom is 0.223 e. The second-order valence-electron chi connectivity index (χ2n) is 5.52. The summed E-state index contributed by atoms with van der Waals surface area (Å²) in [4.78, 5) is 11.7. The minimum absolute atomic E-state index is 0.0468. The van der Waals surface area contributed by atoms with Gasteiger partial charge in [-0.15, -0.1) is 0 Å². The van der Waals surface area contributed by atoms with E-state index < -0.39 is 0 Å². The van der Waals surface area contributed by atoms with Crippen LogP contribution in [0.3, 0.4) is 0 Å². The molecular formula is C16H25NO2. The Morgan fingerprint density at radius 3 is 2.26 bits per heavy atom. The fraction of sp³-hybridized carbons (Fsp3) is 0.562. The lowest BCUT2D eigenvalue weighted by Gasteiger charge is -2.17. The molecule has 0 aliphatic heterocycles. The molecule has 3 heteroatoms. The van der Waals surface area contributed by atoms with Crippen molar-refractivity contribution in [1.29, 1.82) is 0 Å². The first kappa shape index (κ1) is 15.5. The first-order valence-corrected chi connectivity index (χ1v) is 6.89. The molecule has 0 bridgehead atoms. The molecule has 0 aliphatic rings. The molecule has 0 fully saturated rings. The van der Waals surface area contributed by atoms with E-state index in [4.69, 9.17) is 4.74 Å². The first-order chi connectivity index (χ1) is 8.88. The van der Waals surface area contributed by atoms with Gasteiger partial charge in [0.2, 0.25) is 5.91 Å². The summed E-state index contributed by atoms with van der Waals surface area (Å²) in [5, 5.41) is 2.97. The van der Waals surface area contributed by atoms with Gasteiger partial charge < -0.3 is 10.1 Å². The topological polar surface area (TPSA) is 38.3 Å². The molecule has 0 spiro atoms. The Hall–Kier alpha value is -1.51. The van der Waals surface area contributed by atoms with Gasteiger partial charge in [-0.3, -0.25) is 4.79 Å². The zero-order valence-corrected chi connectivity index (χ0v) is 12.6. The summed E-state index contributed by atoms with van der Waals surface area (Å²) in [7, 11) is 0. The Morgan fingerprint density at radius 1 is 1.16 bits per heavy atom. The summed E-state index contributed by atoms with van der Waals surface area (Å²) in [6.45, 7) is 10.7. The van der Waals surface area contributed by atoms with Crippen LogP contribution in [0.1, 0.15) is 38.3 Å². The summed E-state index contributed by atoms with van der Waals surface area (Å²) in [6, 6.07) is 6.28. The maximum absolute atomic E-state index is 11.7. The summed E-state index contributed by atoms with van der Waals surface area (Å²) < 4.78 is 5.62. The third-order valence-electron chi connectivity index (χ3n) is 3.18. The lowest BCUT2D eigenvalue weighted by molar-refractivity contribution is -0.122. The van der Waals surface area contributed by atoms with Crippen LogP contribution in [-0.2, 0) is 4.79 Å². The highest BCUT2D eigenvalue weighted by Gasteiger charge is 2.10. The van der Waals surface area contributed by atoms with Crippen LogP contribution in [0.15, 0.2) is 18.2 Å². The number of nitrogens with one attached hydrogen (secondary N) is 1. The van der Waals surface area contributed by atoms with E-state index in [1.165, 1.54) is 11.1 Å². The highest BCUT2D eigenvalue weighted by atomic mass is 16.5. The number of hydrogen-bond acceptors (Lipinski definition) is 2. The Kier molecular flexibility index (Phi) is 5.87. The van der Waals surface area contributed by atoms with Crippen LogP contribution >= 0.6 is 0 Å².